The lowest BCUT2D eigenvalue weighted by molar-refractivity contribution is -0.139. The number of hydrogen-bond donors (Lipinski definition) is 1. The minimum absolute atomic E-state index is 0.112. The smallest absolute Gasteiger partial charge is 0.244 e. The number of halogens is 1. The summed E-state index contributed by atoms with van der Waals surface area (Å²) >= 11 is 3.42. The Morgan fingerprint density at radius 3 is 2.31 bits per heavy atom. The summed E-state index contributed by atoms with van der Waals surface area (Å²) in [4.78, 5) is 28.4. The highest BCUT2D eigenvalue weighted by Crippen LogP contribution is 2.26. The Bertz CT molecular complexity index is 1180. The second-order valence-corrected chi connectivity index (χ2v) is 12.5. The van der Waals surface area contributed by atoms with Crippen molar-refractivity contribution in [1.29, 1.82) is 0 Å². The van der Waals surface area contributed by atoms with Gasteiger partial charge in [-0.3, -0.25) is 13.9 Å². The van der Waals surface area contributed by atoms with Gasteiger partial charge in [-0.2, -0.15) is 0 Å². The zero-order chi connectivity index (χ0) is 26.5. The molecule has 1 N–H and O–H groups in total. The van der Waals surface area contributed by atoms with Crippen LogP contribution < -0.4 is 9.62 Å². The molecule has 0 unspecified atom stereocenters. The van der Waals surface area contributed by atoms with Gasteiger partial charge in [-0.15, -0.1) is 0 Å². The third-order valence-electron chi connectivity index (χ3n) is 6.91. The van der Waals surface area contributed by atoms with Crippen molar-refractivity contribution >= 4 is 43.5 Å². The third kappa shape index (κ3) is 7.32. The van der Waals surface area contributed by atoms with Crippen LogP contribution in [0.3, 0.4) is 0 Å². The molecule has 2 amide bonds. The van der Waals surface area contributed by atoms with E-state index in [0.717, 1.165) is 57.4 Å². The average molecular weight is 579 g/mol. The van der Waals surface area contributed by atoms with Crippen LogP contribution in [0.15, 0.2) is 46.9 Å². The maximum Gasteiger partial charge on any atom is 0.244 e. The minimum Gasteiger partial charge on any atom is -0.352 e. The Hall–Kier alpha value is -2.39. The van der Waals surface area contributed by atoms with Crippen molar-refractivity contribution in [3.05, 3.63) is 63.6 Å². The number of anilines is 1. The van der Waals surface area contributed by atoms with E-state index < -0.39 is 22.0 Å². The molecule has 0 aromatic heterocycles. The van der Waals surface area contributed by atoms with E-state index >= 15 is 0 Å². The van der Waals surface area contributed by atoms with E-state index in [4.69, 9.17) is 0 Å². The summed E-state index contributed by atoms with van der Waals surface area (Å²) in [7, 11) is -3.75. The van der Waals surface area contributed by atoms with E-state index in [2.05, 4.69) is 21.2 Å². The summed E-state index contributed by atoms with van der Waals surface area (Å²) in [6.07, 6.45) is 6.32. The fraction of sp³-hybridized carbons (Fsp3) is 0.481. The average Bonchev–Trinajstić information content (AvgIpc) is 2.83. The third-order valence-corrected chi connectivity index (χ3v) is 8.56. The van der Waals surface area contributed by atoms with Crippen molar-refractivity contribution in [3.63, 3.8) is 0 Å². The predicted molar refractivity (Wildman–Crippen MR) is 147 cm³/mol. The molecule has 2 aromatic rings. The Morgan fingerprint density at radius 1 is 1.06 bits per heavy atom. The number of carbonyl (C=O) groups excluding carboxylic acids is 2. The van der Waals surface area contributed by atoms with Crippen molar-refractivity contribution < 1.29 is 18.0 Å². The normalized spacial score (nSPS) is 15.2. The molecular formula is C27H36BrN3O4S. The Kier molecular flexibility index (Phi) is 9.58. The summed E-state index contributed by atoms with van der Waals surface area (Å²) in [5.41, 5.74) is 3.04. The molecule has 0 radical (unpaired) electrons. The van der Waals surface area contributed by atoms with Gasteiger partial charge < -0.3 is 10.2 Å². The molecule has 1 fully saturated rings. The second-order valence-electron chi connectivity index (χ2n) is 9.66. The molecule has 0 aliphatic heterocycles. The lowest BCUT2D eigenvalue weighted by atomic mass is 9.95. The van der Waals surface area contributed by atoms with Gasteiger partial charge >= 0.3 is 0 Å². The van der Waals surface area contributed by atoms with E-state index in [0.29, 0.717) is 5.69 Å². The molecule has 0 saturated heterocycles. The van der Waals surface area contributed by atoms with Crippen molar-refractivity contribution in [3.8, 4) is 0 Å². The molecule has 3 rings (SSSR count). The van der Waals surface area contributed by atoms with Crippen molar-refractivity contribution in [2.45, 2.75) is 71.5 Å². The molecule has 1 aliphatic rings. The number of amides is 2. The Labute approximate surface area is 223 Å². The molecule has 36 heavy (non-hydrogen) atoms. The van der Waals surface area contributed by atoms with E-state index in [9.17, 15) is 18.0 Å². The van der Waals surface area contributed by atoms with Crippen LogP contribution in [0.2, 0.25) is 0 Å². The van der Waals surface area contributed by atoms with Crippen molar-refractivity contribution in [2.75, 3.05) is 17.1 Å². The maximum absolute atomic E-state index is 13.7. The molecule has 9 heteroatoms. The summed E-state index contributed by atoms with van der Waals surface area (Å²) in [6, 6.07) is 12.3. The number of nitrogens with one attached hydrogen (secondary N) is 1. The fourth-order valence-corrected chi connectivity index (χ4v) is 5.70. The van der Waals surface area contributed by atoms with Gasteiger partial charge in [0.1, 0.15) is 12.6 Å². The Morgan fingerprint density at radius 2 is 1.69 bits per heavy atom. The largest absolute Gasteiger partial charge is 0.352 e. The van der Waals surface area contributed by atoms with Crippen LogP contribution in [0.25, 0.3) is 0 Å². The van der Waals surface area contributed by atoms with Crippen LogP contribution in [0.5, 0.6) is 0 Å². The van der Waals surface area contributed by atoms with E-state index in [1.54, 1.807) is 19.1 Å². The number of carbonyl (C=O) groups is 2. The first kappa shape index (κ1) is 28.2. The lowest BCUT2D eigenvalue weighted by Gasteiger charge is -2.33. The van der Waals surface area contributed by atoms with Crippen LogP contribution in [-0.2, 0) is 26.2 Å². The van der Waals surface area contributed by atoms with Crippen LogP contribution >= 0.6 is 15.9 Å². The first-order valence-electron chi connectivity index (χ1n) is 12.4. The number of rotatable bonds is 9. The summed E-state index contributed by atoms with van der Waals surface area (Å²) in [6.45, 7) is 5.25. The van der Waals surface area contributed by atoms with Gasteiger partial charge in [0.25, 0.3) is 0 Å². The number of sulfonamides is 1. The van der Waals surface area contributed by atoms with Gasteiger partial charge in [-0.25, -0.2) is 8.42 Å². The van der Waals surface area contributed by atoms with E-state index in [1.807, 2.05) is 44.2 Å². The number of benzene rings is 2. The molecular weight excluding hydrogens is 542 g/mol. The SMILES string of the molecule is Cc1cccc(N(CC(=O)N(Cc2ccc(Br)cc2)[C@@H](C)C(=O)NC2CCCCC2)S(C)(=O)=O)c1C. The van der Waals surface area contributed by atoms with Gasteiger partial charge in [0.15, 0.2) is 0 Å². The predicted octanol–water partition coefficient (Wildman–Crippen LogP) is 4.70. The zero-order valence-corrected chi connectivity index (χ0v) is 23.9. The van der Waals surface area contributed by atoms with Crippen molar-refractivity contribution in [2.24, 2.45) is 0 Å². The topological polar surface area (TPSA) is 86.8 Å². The molecule has 7 nitrogen and oxygen atoms in total. The fourth-order valence-electron chi connectivity index (χ4n) is 4.54. The summed E-state index contributed by atoms with van der Waals surface area (Å²) < 4.78 is 27.6. The van der Waals surface area contributed by atoms with E-state index in [-0.39, 0.29) is 25.0 Å². The summed E-state index contributed by atoms with van der Waals surface area (Å²) in [5, 5.41) is 3.11. The highest BCUT2D eigenvalue weighted by molar-refractivity contribution is 9.10. The zero-order valence-electron chi connectivity index (χ0n) is 21.5. The molecule has 1 aliphatic carbocycles. The number of nitrogens with zero attached hydrogens (tertiary/aromatic N) is 2. The standard InChI is InChI=1S/C27H36BrN3O4S/c1-19-9-8-12-25(20(19)2)31(36(4,34)35)18-26(32)30(17-22-13-15-23(28)16-14-22)21(3)27(33)29-24-10-6-5-7-11-24/h8-9,12-16,21,24H,5-7,10-11,17-18H2,1-4H3,(H,29,33)/t21-/m0/s1. The van der Waals surface area contributed by atoms with Gasteiger partial charge in [-0.1, -0.05) is 59.5 Å². The molecule has 0 bridgehead atoms. The molecule has 1 atom stereocenters. The number of aryl methyl sites for hydroxylation is 1. The monoisotopic (exact) mass is 577 g/mol. The second kappa shape index (κ2) is 12.2. The maximum atomic E-state index is 13.7. The van der Waals surface area contributed by atoms with E-state index in [1.165, 1.54) is 11.3 Å². The van der Waals surface area contributed by atoms with Gasteiger partial charge in [0.05, 0.1) is 11.9 Å². The highest BCUT2D eigenvalue weighted by atomic mass is 79.9. The van der Waals surface area contributed by atoms with Gasteiger partial charge in [0.2, 0.25) is 21.8 Å². The van der Waals surface area contributed by atoms with Crippen LogP contribution in [0.4, 0.5) is 5.69 Å². The van der Waals surface area contributed by atoms with Crippen LogP contribution in [-0.4, -0.2) is 50.0 Å². The molecule has 1 saturated carbocycles. The van der Waals surface area contributed by atoms with Crippen molar-refractivity contribution in [1.82, 2.24) is 10.2 Å². The summed E-state index contributed by atoms with van der Waals surface area (Å²) in [5.74, 6) is -0.652. The first-order chi connectivity index (χ1) is 17.0. The first-order valence-corrected chi connectivity index (χ1v) is 15.0. The molecule has 2 aromatic carbocycles. The quantitative estimate of drug-likeness (QED) is 0.468. The Balaban J connectivity index is 1.89. The van der Waals surface area contributed by atoms with Crippen LogP contribution in [0.1, 0.15) is 55.7 Å². The lowest BCUT2D eigenvalue weighted by Crippen LogP contribution is -2.53. The van der Waals surface area contributed by atoms with Gasteiger partial charge in [0, 0.05) is 17.1 Å². The molecule has 0 heterocycles. The number of hydrogen-bond acceptors (Lipinski definition) is 4. The van der Waals surface area contributed by atoms with Gasteiger partial charge in [-0.05, 0) is 68.5 Å². The minimum atomic E-state index is -3.75. The van der Waals surface area contributed by atoms with Crippen LogP contribution in [0, 0.1) is 13.8 Å². The molecule has 196 valence electrons. The highest BCUT2D eigenvalue weighted by Gasteiger charge is 2.31. The molecule has 0 spiro atoms.